The maximum absolute atomic E-state index is 8.92. The number of hydrogen-bond acceptors (Lipinski definition) is 4. The normalized spacial score (nSPS) is 10.0. The van der Waals surface area contributed by atoms with E-state index in [1.165, 1.54) is 0 Å². The molecule has 0 aliphatic heterocycles. The molecule has 0 aliphatic carbocycles. The Labute approximate surface area is 90.0 Å². The highest BCUT2D eigenvalue weighted by Crippen LogP contribution is 2.11. The standard InChI is InChI=1S/C11H17N3O/c1-2-5-14(6-7-15)11-8-10(9-12)3-4-13-11/h2-4,8,15H,1,5-7,9,12H2. The van der Waals surface area contributed by atoms with Crippen molar-refractivity contribution in [2.45, 2.75) is 6.54 Å². The van der Waals surface area contributed by atoms with Crippen LogP contribution in [0.15, 0.2) is 31.0 Å². The number of aliphatic hydroxyl groups is 1. The summed E-state index contributed by atoms with van der Waals surface area (Å²) in [6, 6.07) is 3.81. The largest absolute Gasteiger partial charge is 0.395 e. The van der Waals surface area contributed by atoms with Crippen molar-refractivity contribution < 1.29 is 5.11 Å². The fourth-order valence-electron chi connectivity index (χ4n) is 1.34. The molecule has 3 N–H and O–H groups in total. The molecule has 0 atom stereocenters. The second kappa shape index (κ2) is 6.16. The minimum Gasteiger partial charge on any atom is -0.395 e. The summed E-state index contributed by atoms with van der Waals surface area (Å²) in [6.45, 7) is 5.49. The van der Waals surface area contributed by atoms with Crippen molar-refractivity contribution in [1.29, 1.82) is 0 Å². The van der Waals surface area contributed by atoms with Crippen molar-refractivity contribution in [3.8, 4) is 0 Å². The summed E-state index contributed by atoms with van der Waals surface area (Å²) in [5, 5.41) is 8.92. The molecule has 0 spiro atoms. The molecule has 0 aromatic carbocycles. The van der Waals surface area contributed by atoms with Gasteiger partial charge >= 0.3 is 0 Å². The van der Waals surface area contributed by atoms with Crippen LogP contribution in [0, 0.1) is 0 Å². The summed E-state index contributed by atoms with van der Waals surface area (Å²) in [5.41, 5.74) is 6.59. The first-order valence-corrected chi connectivity index (χ1v) is 4.93. The lowest BCUT2D eigenvalue weighted by Crippen LogP contribution is -2.27. The summed E-state index contributed by atoms with van der Waals surface area (Å²) in [6.07, 6.45) is 3.51. The van der Waals surface area contributed by atoms with Crippen molar-refractivity contribution >= 4 is 5.82 Å². The third kappa shape index (κ3) is 3.34. The molecule has 4 nitrogen and oxygen atoms in total. The molecule has 0 aliphatic rings. The number of aliphatic hydroxyl groups excluding tert-OH is 1. The average molecular weight is 207 g/mol. The zero-order valence-corrected chi connectivity index (χ0v) is 8.76. The number of aromatic nitrogens is 1. The second-order valence-corrected chi connectivity index (χ2v) is 3.18. The van der Waals surface area contributed by atoms with Gasteiger partial charge < -0.3 is 15.7 Å². The average Bonchev–Trinajstić information content (AvgIpc) is 2.29. The van der Waals surface area contributed by atoms with Crippen LogP contribution in [0.5, 0.6) is 0 Å². The van der Waals surface area contributed by atoms with Crippen molar-refractivity contribution in [3.05, 3.63) is 36.5 Å². The Morgan fingerprint density at radius 2 is 2.40 bits per heavy atom. The van der Waals surface area contributed by atoms with Crippen LogP contribution in [0.2, 0.25) is 0 Å². The Morgan fingerprint density at radius 3 is 3.00 bits per heavy atom. The van der Waals surface area contributed by atoms with Crippen LogP contribution >= 0.6 is 0 Å². The monoisotopic (exact) mass is 207 g/mol. The maximum Gasteiger partial charge on any atom is 0.129 e. The minimum absolute atomic E-state index is 0.0996. The van der Waals surface area contributed by atoms with E-state index in [0.29, 0.717) is 19.6 Å². The fraction of sp³-hybridized carbons (Fsp3) is 0.364. The maximum atomic E-state index is 8.92. The molecule has 0 amide bonds. The molecule has 0 saturated carbocycles. The third-order valence-electron chi connectivity index (χ3n) is 2.09. The molecule has 0 unspecified atom stereocenters. The van der Waals surface area contributed by atoms with Crippen molar-refractivity contribution in [2.24, 2.45) is 5.73 Å². The van der Waals surface area contributed by atoms with Gasteiger partial charge in [-0.3, -0.25) is 0 Å². The Hall–Kier alpha value is -1.39. The molecule has 1 rings (SSSR count). The van der Waals surface area contributed by atoms with Gasteiger partial charge in [0.05, 0.1) is 6.61 Å². The van der Waals surface area contributed by atoms with Crippen LogP contribution in [-0.4, -0.2) is 29.8 Å². The predicted octanol–water partition coefficient (Wildman–Crippen LogP) is 0.525. The number of nitrogens with two attached hydrogens (primary N) is 1. The van der Waals surface area contributed by atoms with E-state index in [9.17, 15) is 0 Å². The smallest absolute Gasteiger partial charge is 0.129 e. The lowest BCUT2D eigenvalue weighted by Gasteiger charge is -2.21. The van der Waals surface area contributed by atoms with Gasteiger partial charge in [0.15, 0.2) is 0 Å². The summed E-state index contributed by atoms with van der Waals surface area (Å²) in [5.74, 6) is 0.826. The van der Waals surface area contributed by atoms with Gasteiger partial charge in [0.2, 0.25) is 0 Å². The number of anilines is 1. The summed E-state index contributed by atoms with van der Waals surface area (Å²) in [7, 11) is 0. The van der Waals surface area contributed by atoms with Crippen LogP contribution in [0.25, 0.3) is 0 Å². The van der Waals surface area contributed by atoms with Gasteiger partial charge in [-0.05, 0) is 17.7 Å². The molecule has 0 bridgehead atoms. The Morgan fingerprint density at radius 1 is 1.60 bits per heavy atom. The van der Waals surface area contributed by atoms with Crippen LogP contribution in [0.4, 0.5) is 5.82 Å². The van der Waals surface area contributed by atoms with Gasteiger partial charge in [0.1, 0.15) is 5.82 Å². The number of hydrogen-bond donors (Lipinski definition) is 2. The van der Waals surface area contributed by atoms with E-state index in [1.54, 1.807) is 12.3 Å². The predicted molar refractivity (Wildman–Crippen MR) is 61.6 cm³/mol. The number of rotatable bonds is 6. The van der Waals surface area contributed by atoms with Crippen LogP contribution < -0.4 is 10.6 Å². The molecular formula is C11H17N3O. The highest BCUT2D eigenvalue weighted by molar-refractivity contribution is 5.41. The molecule has 1 heterocycles. The van der Waals surface area contributed by atoms with Gasteiger partial charge in [0.25, 0.3) is 0 Å². The summed E-state index contributed by atoms with van der Waals surface area (Å²) in [4.78, 5) is 6.19. The molecule has 82 valence electrons. The summed E-state index contributed by atoms with van der Waals surface area (Å²) < 4.78 is 0. The Kier molecular flexibility index (Phi) is 4.80. The topological polar surface area (TPSA) is 62.4 Å². The Bertz CT molecular complexity index is 314. The van der Waals surface area contributed by atoms with Crippen LogP contribution in [-0.2, 0) is 6.54 Å². The fourth-order valence-corrected chi connectivity index (χ4v) is 1.34. The van der Waals surface area contributed by atoms with Crippen molar-refractivity contribution in [2.75, 3.05) is 24.6 Å². The lowest BCUT2D eigenvalue weighted by molar-refractivity contribution is 0.302. The van der Waals surface area contributed by atoms with Gasteiger partial charge in [-0.15, -0.1) is 6.58 Å². The van der Waals surface area contributed by atoms with E-state index in [-0.39, 0.29) is 6.61 Å². The van der Waals surface area contributed by atoms with Crippen molar-refractivity contribution in [3.63, 3.8) is 0 Å². The van der Waals surface area contributed by atoms with Gasteiger partial charge in [-0.1, -0.05) is 6.08 Å². The molecule has 4 heteroatoms. The molecule has 0 radical (unpaired) electrons. The molecule has 1 aromatic rings. The summed E-state index contributed by atoms with van der Waals surface area (Å²) >= 11 is 0. The molecule has 0 saturated heterocycles. The van der Waals surface area contributed by atoms with E-state index in [0.717, 1.165) is 11.4 Å². The van der Waals surface area contributed by atoms with E-state index in [4.69, 9.17) is 10.8 Å². The first-order valence-electron chi connectivity index (χ1n) is 4.93. The van der Waals surface area contributed by atoms with Gasteiger partial charge in [-0.2, -0.15) is 0 Å². The van der Waals surface area contributed by atoms with E-state index in [2.05, 4.69) is 11.6 Å². The van der Waals surface area contributed by atoms with Crippen molar-refractivity contribution in [1.82, 2.24) is 4.98 Å². The zero-order valence-electron chi connectivity index (χ0n) is 8.76. The minimum atomic E-state index is 0.0996. The zero-order chi connectivity index (χ0) is 11.1. The number of pyridine rings is 1. The van der Waals surface area contributed by atoms with Crippen LogP contribution in [0.1, 0.15) is 5.56 Å². The first-order chi connectivity index (χ1) is 7.31. The second-order valence-electron chi connectivity index (χ2n) is 3.18. The highest BCUT2D eigenvalue weighted by Gasteiger charge is 2.05. The van der Waals surface area contributed by atoms with E-state index < -0.39 is 0 Å². The van der Waals surface area contributed by atoms with Crippen LogP contribution in [0.3, 0.4) is 0 Å². The molecular weight excluding hydrogens is 190 g/mol. The first kappa shape index (κ1) is 11.7. The molecule has 1 aromatic heterocycles. The third-order valence-corrected chi connectivity index (χ3v) is 2.09. The van der Waals surface area contributed by atoms with Gasteiger partial charge in [0, 0.05) is 25.8 Å². The molecule has 15 heavy (non-hydrogen) atoms. The van der Waals surface area contributed by atoms with E-state index in [1.807, 2.05) is 17.0 Å². The lowest BCUT2D eigenvalue weighted by atomic mass is 10.2. The molecule has 0 fully saturated rings. The highest BCUT2D eigenvalue weighted by atomic mass is 16.3. The Balaban J connectivity index is 2.83. The van der Waals surface area contributed by atoms with E-state index >= 15 is 0 Å². The van der Waals surface area contributed by atoms with Gasteiger partial charge in [-0.25, -0.2) is 4.98 Å². The quantitative estimate of drug-likeness (QED) is 0.668. The number of nitrogens with zero attached hydrogens (tertiary/aromatic N) is 2. The SMILES string of the molecule is C=CCN(CCO)c1cc(CN)ccn1.